The molecule has 0 saturated heterocycles. The minimum atomic E-state index is -0.611. The third-order valence-electron chi connectivity index (χ3n) is 2.90. The molecular weight excluding hydrogens is 309 g/mol. The third-order valence-corrected chi connectivity index (χ3v) is 3.53. The SMILES string of the molecule is CC[C@@H](Oc1ccccc1)C(=O)Nc1c(Cl)cccc1Cl. The Hall–Kier alpha value is -1.71. The minimum absolute atomic E-state index is 0.281. The van der Waals surface area contributed by atoms with Crippen molar-refractivity contribution in [3.8, 4) is 5.75 Å². The van der Waals surface area contributed by atoms with Crippen LogP contribution in [0, 0.1) is 0 Å². The fraction of sp³-hybridized carbons (Fsp3) is 0.188. The summed E-state index contributed by atoms with van der Waals surface area (Å²) >= 11 is 12.1. The van der Waals surface area contributed by atoms with E-state index in [0.717, 1.165) is 0 Å². The fourth-order valence-corrected chi connectivity index (χ4v) is 2.30. The Labute approximate surface area is 133 Å². The first-order chi connectivity index (χ1) is 10.1. The number of nitrogens with one attached hydrogen (secondary N) is 1. The molecule has 0 aliphatic heterocycles. The molecule has 0 aromatic heterocycles. The van der Waals surface area contributed by atoms with Gasteiger partial charge in [0.2, 0.25) is 0 Å². The van der Waals surface area contributed by atoms with E-state index in [2.05, 4.69) is 5.32 Å². The van der Waals surface area contributed by atoms with E-state index >= 15 is 0 Å². The zero-order chi connectivity index (χ0) is 15.2. The highest BCUT2D eigenvalue weighted by atomic mass is 35.5. The van der Waals surface area contributed by atoms with E-state index in [1.54, 1.807) is 30.3 Å². The lowest BCUT2D eigenvalue weighted by Gasteiger charge is -2.18. The van der Waals surface area contributed by atoms with Gasteiger partial charge >= 0.3 is 0 Å². The van der Waals surface area contributed by atoms with Gasteiger partial charge in [0, 0.05) is 0 Å². The van der Waals surface area contributed by atoms with Crippen LogP contribution in [0.15, 0.2) is 48.5 Å². The maximum atomic E-state index is 12.3. The molecule has 0 bridgehead atoms. The summed E-state index contributed by atoms with van der Waals surface area (Å²) in [7, 11) is 0. The molecule has 5 heteroatoms. The topological polar surface area (TPSA) is 38.3 Å². The maximum Gasteiger partial charge on any atom is 0.265 e. The number of carbonyl (C=O) groups excluding carboxylic acids is 1. The van der Waals surface area contributed by atoms with Crippen LogP contribution >= 0.6 is 23.2 Å². The van der Waals surface area contributed by atoms with Gasteiger partial charge in [-0.3, -0.25) is 4.79 Å². The monoisotopic (exact) mass is 323 g/mol. The van der Waals surface area contributed by atoms with E-state index in [9.17, 15) is 4.79 Å². The second kappa shape index (κ2) is 7.34. The van der Waals surface area contributed by atoms with Crippen LogP contribution in [0.1, 0.15) is 13.3 Å². The van der Waals surface area contributed by atoms with Crippen LogP contribution < -0.4 is 10.1 Å². The van der Waals surface area contributed by atoms with Crippen molar-refractivity contribution in [2.24, 2.45) is 0 Å². The van der Waals surface area contributed by atoms with Crippen molar-refractivity contribution in [2.45, 2.75) is 19.4 Å². The maximum absolute atomic E-state index is 12.3. The molecule has 0 aliphatic carbocycles. The highest BCUT2D eigenvalue weighted by Gasteiger charge is 2.20. The molecule has 1 amide bonds. The standard InChI is InChI=1S/C16H15Cl2NO2/c1-2-14(21-11-7-4-3-5-8-11)16(20)19-15-12(17)9-6-10-13(15)18/h3-10,14H,2H2,1H3,(H,19,20)/t14-/m1/s1. The number of carbonyl (C=O) groups is 1. The van der Waals surface area contributed by atoms with Gasteiger partial charge in [-0.05, 0) is 30.7 Å². The van der Waals surface area contributed by atoms with E-state index in [-0.39, 0.29) is 5.91 Å². The van der Waals surface area contributed by atoms with Crippen molar-refractivity contribution < 1.29 is 9.53 Å². The van der Waals surface area contributed by atoms with Gasteiger partial charge in [0.15, 0.2) is 6.10 Å². The van der Waals surface area contributed by atoms with E-state index in [4.69, 9.17) is 27.9 Å². The van der Waals surface area contributed by atoms with Crippen LogP contribution in [0.25, 0.3) is 0 Å². The molecule has 110 valence electrons. The predicted molar refractivity (Wildman–Crippen MR) is 86.2 cm³/mol. The second-order valence-electron chi connectivity index (χ2n) is 4.41. The number of amides is 1. The zero-order valence-corrected chi connectivity index (χ0v) is 13.0. The average molecular weight is 324 g/mol. The van der Waals surface area contributed by atoms with Gasteiger partial charge in [0.25, 0.3) is 5.91 Å². The number of hydrogen-bond acceptors (Lipinski definition) is 2. The van der Waals surface area contributed by atoms with Gasteiger partial charge < -0.3 is 10.1 Å². The molecule has 0 fully saturated rings. The molecule has 0 heterocycles. The molecule has 0 aliphatic rings. The minimum Gasteiger partial charge on any atom is -0.481 e. The summed E-state index contributed by atoms with van der Waals surface area (Å²) in [6, 6.07) is 14.3. The predicted octanol–water partition coefficient (Wildman–Crippen LogP) is 4.79. The molecule has 0 spiro atoms. The molecule has 0 radical (unpaired) electrons. The van der Waals surface area contributed by atoms with Crippen LogP contribution in [0.4, 0.5) is 5.69 Å². The van der Waals surface area contributed by atoms with Gasteiger partial charge in [-0.1, -0.05) is 54.4 Å². The molecule has 2 aromatic rings. The molecule has 3 nitrogen and oxygen atoms in total. The summed E-state index contributed by atoms with van der Waals surface area (Å²) in [5, 5.41) is 3.51. The summed E-state index contributed by atoms with van der Waals surface area (Å²) in [4.78, 5) is 12.3. The fourth-order valence-electron chi connectivity index (χ4n) is 1.81. The van der Waals surface area contributed by atoms with Crippen LogP contribution in [0.3, 0.4) is 0 Å². The molecule has 0 unspecified atom stereocenters. The number of rotatable bonds is 5. The quantitative estimate of drug-likeness (QED) is 0.859. The summed E-state index contributed by atoms with van der Waals surface area (Å²) in [5.41, 5.74) is 0.404. The van der Waals surface area contributed by atoms with Crippen molar-refractivity contribution in [1.82, 2.24) is 0 Å². The van der Waals surface area contributed by atoms with E-state index in [1.807, 2.05) is 25.1 Å². The van der Waals surface area contributed by atoms with Crippen molar-refractivity contribution in [1.29, 1.82) is 0 Å². The number of anilines is 1. The number of para-hydroxylation sites is 2. The lowest BCUT2D eigenvalue weighted by Crippen LogP contribution is -2.32. The van der Waals surface area contributed by atoms with Gasteiger partial charge in [0.05, 0.1) is 15.7 Å². The molecule has 2 aromatic carbocycles. The van der Waals surface area contributed by atoms with Gasteiger partial charge in [-0.2, -0.15) is 0 Å². The second-order valence-corrected chi connectivity index (χ2v) is 5.23. The Morgan fingerprint density at radius 1 is 1.10 bits per heavy atom. The smallest absolute Gasteiger partial charge is 0.265 e. The normalized spacial score (nSPS) is 11.8. The van der Waals surface area contributed by atoms with Gasteiger partial charge in [-0.15, -0.1) is 0 Å². The van der Waals surface area contributed by atoms with Crippen LogP contribution in [0.5, 0.6) is 5.75 Å². The Balaban J connectivity index is 2.10. The molecular formula is C16H15Cl2NO2. The van der Waals surface area contributed by atoms with Crippen molar-refractivity contribution in [3.63, 3.8) is 0 Å². The molecule has 1 atom stereocenters. The summed E-state index contributed by atoms with van der Waals surface area (Å²) in [5.74, 6) is 0.362. The first-order valence-corrected chi connectivity index (χ1v) is 7.34. The van der Waals surface area contributed by atoms with E-state index < -0.39 is 6.10 Å². The Kier molecular flexibility index (Phi) is 5.48. The van der Waals surface area contributed by atoms with E-state index in [0.29, 0.717) is 27.9 Å². The average Bonchev–Trinajstić information content (AvgIpc) is 2.49. The summed E-state index contributed by atoms with van der Waals surface area (Å²) in [6.45, 7) is 1.88. The number of halogens is 2. The molecule has 1 N–H and O–H groups in total. The lowest BCUT2D eigenvalue weighted by molar-refractivity contribution is -0.122. The van der Waals surface area contributed by atoms with Gasteiger partial charge in [-0.25, -0.2) is 0 Å². The zero-order valence-electron chi connectivity index (χ0n) is 11.5. The van der Waals surface area contributed by atoms with E-state index in [1.165, 1.54) is 0 Å². The van der Waals surface area contributed by atoms with Crippen molar-refractivity contribution in [2.75, 3.05) is 5.32 Å². The Bertz CT molecular complexity index is 597. The number of ether oxygens (including phenoxy) is 1. The largest absolute Gasteiger partial charge is 0.481 e. The lowest BCUT2D eigenvalue weighted by atomic mass is 10.2. The number of hydrogen-bond donors (Lipinski definition) is 1. The van der Waals surface area contributed by atoms with Crippen LogP contribution in [-0.4, -0.2) is 12.0 Å². The molecule has 0 saturated carbocycles. The highest BCUT2D eigenvalue weighted by molar-refractivity contribution is 6.39. The van der Waals surface area contributed by atoms with Crippen LogP contribution in [-0.2, 0) is 4.79 Å². The number of benzene rings is 2. The molecule has 2 rings (SSSR count). The Morgan fingerprint density at radius 3 is 2.29 bits per heavy atom. The Morgan fingerprint density at radius 2 is 1.71 bits per heavy atom. The first kappa shape index (κ1) is 15.7. The summed E-state index contributed by atoms with van der Waals surface area (Å²) in [6.07, 6.45) is -0.0808. The van der Waals surface area contributed by atoms with Crippen LogP contribution in [0.2, 0.25) is 10.0 Å². The molecule has 21 heavy (non-hydrogen) atoms. The van der Waals surface area contributed by atoms with Crippen molar-refractivity contribution >= 4 is 34.8 Å². The first-order valence-electron chi connectivity index (χ1n) is 6.58. The van der Waals surface area contributed by atoms with Gasteiger partial charge in [0.1, 0.15) is 5.75 Å². The third kappa shape index (κ3) is 4.13. The summed E-state index contributed by atoms with van der Waals surface area (Å²) < 4.78 is 5.68. The van der Waals surface area contributed by atoms with Crippen molar-refractivity contribution in [3.05, 3.63) is 58.6 Å². The highest BCUT2D eigenvalue weighted by Crippen LogP contribution is 2.30.